The van der Waals surface area contributed by atoms with E-state index in [0.29, 0.717) is 37.2 Å². The molecule has 3 aromatic heterocycles. The number of hydrogen-bond acceptors (Lipinski definition) is 7. The highest BCUT2D eigenvalue weighted by atomic mass is 16.4. The minimum atomic E-state index is -1.26. The summed E-state index contributed by atoms with van der Waals surface area (Å²) in [6, 6.07) is 3.68. The van der Waals surface area contributed by atoms with Crippen molar-refractivity contribution in [3.63, 3.8) is 0 Å². The van der Waals surface area contributed by atoms with Crippen LogP contribution in [0.15, 0.2) is 55.5 Å². The molecule has 42 heavy (non-hydrogen) atoms. The third-order valence-electron chi connectivity index (χ3n) is 7.48. The summed E-state index contributed by atoms with van der Waals surface area (Å²) in [6.07, 6.45) is 9.00. The number of fused-ring (bicyclic) bond motifs is 1. The van der Waals surface area contributed by atoms with Gasteiger partial charge in [0.25, 0.3) is 0 Å². The minimum absolute atomic E-state index is 0.0228. The summed E-state index contributed by atoms with van der Waals surface area (Å²) in [5.41, 5.74) is 9.29. The number of aromatic amines is 3. The summed E-state index contributed by atoms with van der Waals surface area (Å²) in [6.45, 7) is 0.362. The third-order valence-corrected chi connectivity index (χ3v) is 7.48. The van der Waals surface area contributed by atoms with Crippen LogP contribution in [0.5, 0.6) is 0 Å². The van der Waals surface area contributed by atoms with Crippen LogP contribution in [-0.2, 0) is 38.4 Å². The number of benzene rings is 1. The molecule has 220 valence electrons. The topological polar surface area (TPSA) is 215 Å². The van der Waals surface area contributed by atoms with Crippen LogP contribution in [0.25, 0.3) is 10.9 Å². The predicted molar refractivity (Wildman–Crippen MR) is 151 cm³/mol. The summed E-state index contributed by atoms with van der Waals surface area (Å²) >= 11 is 0. The Labute approximate surface area is 240 Å². The first-order valence-corrected chi connectivity index (χ1v) is 13.7. The first-order valence-electron chi connectivity index (χ1n) is 13.7. The Kier molecular flexibility index (Phi) is 8.62. The van der Waals surface area contributed by atoms with Crippen molar-refractivity contribution in [2.24, 2.45) is 5.73 Å². The zero-order chi connectivity index (χ0) is 29.6. The number of carboxylic acid groups (broad SMARTS) is 1. The van der Waals surface area contributed by atoms with Crippen LogP contribution in [0.3, 0.4) is 0 Å². The molecule has 4 heterocycles. The molecule has 3 amide bonds. The van der Waals surface area contributed by atoms with E-state index in [4.69, 9.17) is 5.73 Å². The molecule has 1 aliphatic heterocycles. The Hall–Kier alpha value is -4.98. The first-order chi connectivity index (χ1) is 20.3. The van der Waals surface area contributed by atoms with E-state index in [0.717, 1.165) is 16.5 Å². The molecule has 1 saturated heterocycles. The van der Waals surface area contributed by atoms with Gasteiger partial charge in [-0.05, 0) is 30.9 Å². The van der Waals surface area contributed by atoms with Gasteiger partial charge in [0.15, 0.2) is 0 Å². The predicted octanol–water partition coefficient (Wildman–Crippen LogP) is 0.0145. The van der Waals surface area contributed by atoms with E-state index in [1.54, 1.807) is 0 Å². The van der Waals surface area contributed by atoms with Gasteiger partial charge in [0.1, 0.15) is 18.1 Å². The molecule has 4 atom stereocenters. The number of rotatable bonds is 12. The fourth-order valence-corrected chi connectivity index (χ4v) is 5.32. The molecular weight excluding hydrogens is 542 g/mol. The fraction of sp³-hybridized carbons (Fsp3) is 0.357. The van der Waals surface area contributed by atoms with E-state index in [9.17, 15) is 24.3 Å². The number of nitrogens with two attached hydrogens (primary N) is 1. The number of para-hydroxylation sites is 1. The largest absolute Gasteiger partial charge is 0.480 e. The molecule has 1 aromatic carbocycles. The second kappa shape index (κ2) is 12.7. The van der Waals surface area contributed by atoms with Crippen molar-refractivity contribution >= 4 is 34.6 Å². The molecule has 0 spiro atoms. The number of aromatic nitrogens is 5. The van der Waals surface area contributed by atoms with Crippen molar-refractivity contribution in [3.8, 4) is 0 Å². The molecule has 1 aliphatic rings. The number of hydrogen-bond donors (Lipinski definition) is 7. The molecule has 5 rings (SSSR count). The van der Waals surface area contributed by atoms with Gasteiger partial charge in [-0.15, -0.1) is 0 Å². The van der Waals surface area contributed by atoms with Crippen molar-refractivity contribution in [1.29, 1.82) is 0 Å². The molecule has 0 aliphatic carbocycles. The van der Waals surface area contributed by atoms with Crippen molar-refractivity contribution in [2.75, 3.05) is 6.54 Å². The zero-order valence-electron chi connectivity index (χ0n) is 22.7. The van der Waals surface area contributed by atoms with Crippen LogP contribution in [0, 0.1) is 0 Å². The number of likely N-dealkylation sites (tertiary alicyclic amines) is 1. The van der Waals surface area contributed by atoms with Gasteiger partial charge in [-0.25, -0.2) is 14.8 Å². The first kappa shape index (κ1) is 28.5. The molecular formula is C28H33N9O5. The molecule has 4 unspecified atom stereocenters. The van der Waals surface area contributed by atoms with E-state index in [-0.39, 0.29) is 18.7 Å². The van der Waals surface area contributed by atoms with E-state index in [1.165, 1.54) is 29.9 Å². The zero-order valence-corrected chi connectivity index (χ0v) is 22.7. The molecule has 14 nitrogen and oxygen atoms in total. The van der Waals surface area contributed by atoms with Crippen LogP contribution in [0.1, 0.15) is 29.8 Å². The van der Waals surface area contributed by atoms with Crippen molar-refractivity contribution in [2.45, 2.75) is 56.3 Å². The van der Waals surface area contributed by atoms with Crippen LogP contribution >= 0.6 is 0 Å². The average Bonchev–Trinajstić information content (AvgIpc) is 3.80. The summed E-state index contributed by atoms with van der Waals surface area (Å²) in [4.78, 5) is 70.3. The molecule has 1 fully saturated rings. The fourth-order valence-electron chi connectivity index (χ4n) is 5.32. The van der Waals surface area contributed by atoms with Crippen molar-refractivity contribution < 1.29 is 24.3 Å². The van der Waals surface area contributed by atoms with Gasteiger partial charge in [-0.1, -0.05) is 18.2 Å². The molecule has 14 heteroatoms. The van der Waals surface area contributed by atoms with E-state index in [2.05, 4.69) is 35.6 Å². The van der Waals surface area contributed by atoms with Crippen LogP contribution in [-0.4, -0.2) is 89.3 Å². The number of carboxylic acids is 1. The summed E-state index contributed by atoms with van der Waals surface area (Å²) in [7, 11) is 0. The molecule has 0 saturated carbocycles. The number of nitrogens with one attached hydrogen (secondary N) is 5. The smallest absolute Gasteiger partial charge is 0.326 e. The molecule has 4 aromatic rings. The third kappa shape index (κ3) is 6.49. The number of carbonyl (C=O) groups is 4. The Bertz CT molecular complexity index is 1530. The lowest BCUT2D eigenvalue weighted by molar-refractivity contribution is -0.143. The lowest BCUT2D eigenvalue weighted by atomic mass is 10.0. The number of aliphatic carboxylic acids is 1. The lowest BCUT2D eigenvalue weighted by Crippen LogP contribution is -2.57. The normalized spacial score (nSPS) is 17.1. The monoisotopic (exact) mass is 575 g/mol. The van der Waals surface area contributed by atoms with Crippen molar-refractivity contribution in [1.82, 2.24) is 40.5 Å². The van der Waals surface area contributed by atoms with Gasteiger partial charge in [-0.2, -0.15) is 0 Å². The highest BCUT2D eigenvalue weighted by molar-refractivity contribution is 5.95. The van der Waals surface area contributed by atoms with E-state index < -0.39 is 42.0 Å². The van der Waals surface area contributed by atoms with Gasteiger partial charge in [0, 0.05) is 60.3 Å². The Morgan fingerprint density at radius 2 is 1.67 bits per heavy atom. The number of carbonyl (C=O) groups excluding carboxylic acids is 3. The minimum Gasteiger partial charge on any atom is -0.480 e. The maximum absolute atomic E-state index is 13.5. The number of nitrogens with zero attached hydrogens (tertiary/aromatic N) is 3. The number of amides is 3. The highest BCUT2D eigenvalue weighted by Gasteiger charge is 2.38. The van der Waals surface area contributed by atoms with Crippen LogP contribution in [0.2, 0.25) is 0 Å². The van der Waals surface area contributed by atoms with Crippen molar-refractivity contribution in [3.05, 3.63) is 72.5 Å². The summed E-state index contributed by atoms with van der Waals surface area (Å²) in [5, 5.41) is 15.9. The second-order valence-corrected chi connectivity index (χ2v) is 10.4. The number of H-pyrrole nitrogens is 3. The van der Waals surface area contributed by atoms with Crippen LogP contribution < -0.4 is 16.4 Å². The average molecular weight is 576 g/mol. The summed E-state index contributed by atoms with van der Waals surface area (Å²) in [5.74, 6) is -2.78. The standard InChI is InChI=1S/C28H33N9O5/c29-20(8-16-11-32-21-5-2-1-4-19(16)21)27(40)37-7-3-6-24(37)26(39)35-22(9-17-12-30-14-33-17)25(38)36-23(28(41)42)10-18-13-31-15-34-18/h1-2,4-5,11-15,20,22-24,32H,3,6-10,29H2,(H,30,33)(H,31,34)(H,35,39)(H,36,38)(H,41,42). The summed E-state index contributed by atoms with van der Waals surface area (Å²) < 4.78 is 0. The Balaban J connectivity index is 1.27. The lowest BCUT2D eigenvalue weighted by Gasteiger charge is -2.28. The maximum Gasteiger partial charge on any atom is 0.326 e. The SMILES string of the molecule is NC(Cc1c[nH]c2ccccc12)C(=O)N1CCCC1C(=O)NC(Cc1cnc[nH]1)C(=O)NC(Cc1cnc[nH]1)C(=O)O. The van der Waals surface area contributed by atoms with Gasteiger partial charge in [0.2, 0.25) is 17.7 Å². The molecule has 0 bridgehead atoms. The van der Waals surface area contributed by atoms with Crippen LogP contribution in [0.4, 0.5) is 0 Å². The maximum atomic E-state index is 13.5. The Morgan fingerprint density at radius 3 is 2.33 bits per heavy atom. The number of imidazole rings is 2. The second-order valence-electron chi connectivity index (χ2n) is 10.4. The van der Waals surface area contributed by atoms with Gasteiger partial charge in [-0.3, -0.25) is 14.4 Å². The highest BCUT2D eigenvalue weighted by Crippen LogP contribution is 2.22. The quantitative estimate of drug-likeness (QED) is 0.122. The Morgan fingerprint density at radius 1 is 0.976 bits per heavy atom. The van der Waals surface area contributed by atoms with E-state index in [1.807, 2.05) is 30.5 Å². The molecule has 8 N–H and O–H groups in total. The van der Waals surface area contributed by atoms with Gasteiger partial charge in [0.05, 0.1) is 18.7 Å². The molecule has 0 radical (unpaired) electrons. The van der Waals surface area contributed by atoms with Gasteiger partial charge < -0.3 is 41.3 Å². The van der Waals surface area contributed by atoms with Gasteiger partial charge >= 0.3 is 5.97 Å². The van der Waals surface area contributed by atoms with E-state index >= 15 is 0 Å².